The van der Waals surface area contributed by atoms with E-state index in [1.807, 2.05) is 4.90 Å². The zero-order valence-corrected chi connectivity index (χ0v) is 15.9. The summed E-state index contributed by atoms with van der Waals surface area (Å²) in [5, 5.41) is 0. The SMILES string of the molecule is CCCN1CCC(N2CCN(C(=O)c3ccc(OC(F)F)cc3)CC2)CC1. The van der Waals surface area contributed by atoms with Crippen LogP contribution < -0.4 is 4.74 Å². The lowest BCUT2D eigenvalue weighted by atomic mass is 10.0. The van der Waals surface area contributed by atoms with Crippen molar-refractivity contribution in [1.82, 2.24) is 14.7 Å². The van der Waals surface area contributed by atoms with E-state index in [-0.39, 0.29) is 11.7 Å². The van der Waals surface area contributed by atoms with Gasteiger partial charge < -0.3 is 14.5 Å². The fourth-order valence-corrected chi connectivity index (χ4v) is 4.08. The van der Waals surface area contributed by atoms with Gasteiger partial charge in [0.25, 0.3) is 5.91 Å². The second-order valence-electron chi connectivity index (χ2n) is 7.30. The molecule has 0 bridgehead atoms. The number of benzene rings is 1. The second-order valence-corrected chi connectivity index (χ2v) is 7.30. The molecule has 5 nitrogen and oxygen atoms in total. The first-order valence-corrected chi connectivity index (χ1v) is 9.87. The Balaban J connectivity index is 1.47. The third-order valence-corrected chi connectivity index (χ3v) is 5.54. The lowest BCUT2D eigenvalue weighted by Gasteiger charge is -2.42. The highest BCUT2D eigenvalue weighted by molar-refractivity contribution is 5.94. The summed E-state index contributed by atoms with van der Waals surface area (Å²) in [6.45, 7) is 6.13. The number of amides is 1. The lowest BCUT2D eigenvalue weighted by Crippen LogP contribution is -2.54. The van der Waals surface area contributed by atoms with Crippen molar-refractivity contribution in [2.75, 3.05) is 45.8 Å². The van der Waals surface area contributed by atoms with E-state index in [0.29, 0.717) is 24.7 Å². The predicted octanol–water partition coefficient (Wildman–Crippen LogP) is 2.92. The molecule has 0 spiro atoms. The van der Waals surface area contributed by atoms with Gasteiger partial charge in [0.1, 0.15) is 5.75 Å². The first-order valence-electron chi connectivity index (χ1n) is 9.87. The van der Waals surface area contributed by atoms with E-state index in [9.17, 15) is 13.6 Å². The number of alkyl halides is 2. The van der Waals surface area contributed by atoms with E-state index in [1.165, 1.54) is 51.0 Å². The van der Waals surface area contributed by atoms with Gasteiger partial charge >= 0.3 is 6.61 Å². The highest BCUT2D eigenvalue weighted by Gasteiger charge is 2.29. The summed E-state index contributed by atoms with van der Waals surface area (Å²) in [5.74, 6) is 0.0248. The zero-order chi connectivity index (χ0) is 19.2. The molecule has 7 heteroatoms. The van der Waals surface area contributed by atoms with Gasteiger partial charge in [0, 0.05) is 37.8 Å². The Morgan fingerprint density at radius 2 is 1.70 bits per heavy atom. The molecule has 1 aromatic carbocycles. The van der Waals surface area contributed by atoms with E-state index in [0.717, 1.165) is 13.1 Å². The maximum absolute atomic E-state index is 12.6. The van der Waals surface area contributed by atoms with E-state index < -0.39 is 6.61 Å². The van der Waals surface area contributed by atoms with Crippen LogP contribution in [0, 0.1) is 0 Å². The molecule has 0 radical (unpaired) electrons. The summed E-state index contributed by atoms with van der Waals surface area (Å²) in [7, 11) is 0. The van der Waals surface area contributed by atoms with E-state index in [4.69, 9.17) is 0 Å². The molecule has 0 atom stereocenters. The molecule has 2 aliphatic rings. The third kappa shape index (κ3) is 5.39. The summed E-state index contributed by atoms with van der Waals surface area (Å²) in [6, 6.07) is 6.56. The Bertz CT molecular complexity index is 596. The first kappa shape index (κ1) is 20.0. The molecular weight excluding hydrogens is 352 g/mol. The Labute approximate surface area is 159 Å². The number of halogens is 2. The molecule has 0 N–H and O–H groups in total. The quantitative estimate of drug-likeness (QED) is 0.759. The molecule has 0 unspecified atom stereocenters. The number of carbonyl (C=O) groups is 1. The van der Waals surface area contributed by atoms with Crippen LogP contribution in [0.15, 0.2) is 24.3 Å². The molecule has 3 rings (SSSR count). The number of nitrogens with zero attached hydrogens (tertiary/aromatic N) is 3. The molecule has 27 heavy (non-hydrogen) atoms. The van der Waals surface area contributed by atoms with E-state index in [2.05, 4.69) is 21.5 Å². The van der Waals surface area contributed by atoms with Gasteiger partial charge in [-0.25, -0.2) is 0 Å². The van der Waals surface area contributed by atoms with Crippen LogP contribution in [0.1, 0.15) is 36.5 Å². The van der Waals surface area contributed by atoms with Gasteiger partial charge in [-0.3, -0.25) is 9.69 Å². The number of piperidine rings is 1. The van der Waals surface area contributed by atoms with Crippen molar-refractivity contribution in [2.45, 2.75) is 38.8 Å². The Morgan fingerprint density at radius 3 is 2.26 bits per heavy atom. The smallest absolute Gasteiger partial charge is 0.387 e. The largest absolute Gasteiger partial charge is 0.435 e. The van der Waals surface area contributed by atoms with Crippen molar-refractivity contribution in [3.8, 4) is 5.75 Å². The summed E-state index contributed by atoms with van der Waals surface area (Å²) >= 11 is 0. The Hall–Kier alpha value is -1.73. The summed E-state index contributed by atoms with van der Waals surface area (Å²) in [4.78, 5) is 19.6. The minimum Gasteiger partial charge on any atom is -0.435 e. The van der Waals surface area contributed by atoms with Gasteiger partial charge in [-0.05, 0) is 63.2 Å². The number of hydrogen-bond donors (Lipinski definition) is 0. The zero-order valence-electron chi connectivity index (χ0n) is 15.9. The number of piperazine rings is 1. The van der Waals surface area contributed by atoms with Crippen LogP contribution in [0.3, 0.4) is 0 Å². The molecule has 150 valence electrons. The monoisotopic (exact) mass is 381 g/mol. The molecule has 0 aliphatic carbocycles. The van der Waals surface area contributed by atoms with Crippen molar-refractivity contribution >= 4 is 5.91 Å². The number of hydrogen-bond acceptors (Lipinski definition) is 4. The van der Waals surface area contributed by atoms with Crippen molar-refractivity contribution in [2.24, 2.45) is 0 Å². The average Bonchev–Trinajstić information content (AvgIpc) is 2.69. The normalized spacial score (nSPS) is 20.2. The molecule has 2 heterocycles. The number of ether oxygens (including phenoxy) is 1. The van der Waals surface area contributed by atoms with Crippen LogP contribution in [0.25, 0.3) is 0 Å². The fourth-order valence-electron chi connectivity index (χ4n) is 4.08. The highest BCUT2D eigenvalue weighted by atomic mass is 19.3. The van der Waals surface area contributed by atoms with Gasteiger partial charge in [-0.15, -0.1) is 0 Å². The molecule has 2 saturated heterocycles. The van der Waals surface area contributed by atoms with Crippen LogP contribution in [0.2, 0.25) is 0 Å². The van der Waals surface area contributed by atoms with Crippen LogP contribution in [0.4, 0.5) is 8.78 Å². The summed E-state index contributed by atoms with van der Waals surface area (Å²) in [5.41, 5.74) is 0.512. The molecular formula is C20H29F2N3O2. The second kappa shape index (κ2) is 9.46. The lowest BCUT2D eigenvalue weighted by molar-refractivity contribution is -0.0498. The molecule has 0 aromatic heterocycles. The molecule has 0 saturated carbocycles. The van der Waals surface area contributed by atoms with Gasteiger partial charge in [0.2, 0.25) is 0 Å². The van der Waals surface area contributed by atoms with Gasteiger partial charge in [-0.2, -0.15) is 8.78 Å². The van der Waals surface area contributed by atoms with Crippen LogP contribution >= 0.6 is 0 Å². The number of likely N-dealkylation sites (tertiary alicyclic amines) is 1. The third-order valence-electron chi connectivity index (χ3n) is 5.54. The minimum atomic E-state index is -2.85. The fraction of sp³-hybridized carbons (Fsp3) is 0.650. The van der Waals surface area contributed by atoms with E-state index >= 15 is 0 Å². The number of carbonyl (C=O) groups excluding carboxylic acids is 1. The average molecular weight is 381 g/mol. The topological polar surface area (TPSA) is 36.0 Å². The summed E-state index contributed by atoms with van der Waals surface area (Å²) in [6.07, 6.45) is 3.62. The molecule has 2 fully saturated rings. The maximum atomic E-state index is 12.6. The Kier molecular flexibility index (Phi) is 7.01. The Morgan fingerprint density at radius 1 is 1.07 bits per heavy atom. The van der Waals surface area contributed by atoms with Gasteiger partial charge in [-0.1, -0.05) is 6.92 Å². The highest BCUT2D eigenvalue weighted by Crippen LogP contribution is 2.20. The summed E-state index contributed by atoms with van der Waals surface area (Å²) < 4.78 is 28.8. The van der Waals surface area contributed by atoms with Gasteiger partial charge in [0.15, 0.2) is 0 Å². The van der Waals surface area contributed by atoms with Crippen molar-refractivity contribution in [3.63, 3.8) is 0 Å². The predicted molar refractivity (Wildman–Crippen MR) is 100 cm³/mol. The minimum absolute atomic E-state index is 0.0454. The van der Waals surface area contributed by atoms with Crippen LogP contribution in [0.5, 0.6) is 5.75 Å². The standard InChI is InChI=1S/C20H29F2N3O2/c1-2-9-23-10-7-17(8-11-23)24-12-14-25(15-13-24)19(26)16-3-5-18(6-4-16)27-20(21)22/h3-6,17,20H,2,7-15H2,1H3. The van der Waals surface area contributed by atoms with Crippen molar-refractivity contribution in [3.05, 3.63) is 29.8 Å². The number of rotatable bonds is 6. The van der Waals surface area contributed by atoms with Crippen LogP contribution in [-0.4, -0.2) is 79.1 Å². The first-order chi connectivity index (χ1) is 13.1. The maximum Gasteiger partial charge on any atom is 0.387 e. The van der Waals surface area contributed by atoms with Crippen molar-refractivity contribution in [1.29, 1.82) is 0 Å². The van der Waals surface area contributed by atoms with Gasteiger partial charge in [0.05, 0.1) is 0 Å². The molecule has 1 aromatic rings. The van der Waals surface area contributed by atoms with Crippen LogP contribution in [-0.2, 0) is 0 Å². The molecule has 1 amide bonds. The molecule has 2 aliphatic heterocycles. The van der Waals surface area contributed by atoms with E-state index in [1.54, 1.807) is 12.1 Å². The van der Waals surface area contributed by atoms with Crippen molar-refractivity contribution < 1.29 is 18.3 Å².